The zero-order valence-corrected chi connectivity index (χ0v) is 21.8. The zero-order chi connectivity index (χ0) is 27.0. The van der Waals surface area contributed by atoms with Crippen molar-refractivity contribution in [3.05, 3.63) is 78.4 Å². The number of methoxy groups -OCH3 is 1. The van der Waals surface area contributed by atoms with E-state index >= 15 is 0 Å². The standard InChI is InChI=1S/C26H29N5O5S/c1-19(32)28-21-7-15-25(16-8-21)37(34,35)31(23-11-13-24(36-4)14-12-23)18-26(33)29-27-17-20-5-9-22(10-6-20)30(2)3/h5-17H,18H2,1-4H3,(H,28,32)(H,29,33)/b27-17-. The summed E-state index contributed by atoms with van der Waals surface area (Å²) < 4.78 is 33.2. The molecule has 0 aromatic heterocycles. The van der Waals surface area contributed by atoms with Gasteiger partial charge in [0.05, 0.1) is 23.9 Å². The van der Waals surface area contributed by atoms with Gasteiger partial charge in [0.25, 0.3) is 15.9 Å². The van der Waals surface area contributed by atoms with E-state index in [2.05, 4.69) is 15.8 Å². The summed E-state index contributed by atoms with van der Waals surface area (Å²) in [7, 11) is 1.23. The van der Waals surface area contributed by atoms with Gasteiger partial charge in [-0.15, -0.1) is 0 Å². The van der Waals surface area contributed by atoms with Crippen LogP contribution in [0, 0.1) is 0 Å². The largest absolute Gasteiger partial charge is 0.497 e. The fourth-order valence-corrected chi connectivity index (χ4v) is 4.73. The molecule has 0 saturated heterocycles. The Kier molecular flexibility index (Phi) is 8.86. The minimum Gasteiger partial charge on any atom is -0.497 e. The van der Waals surface area contributed by atoms with Gasteiger partial charge < -0.3 is 15.0 Å². The number of carbonyl (C=O) groups is 2. The lowest BCUT2D eigenvalue weighted by Crippen LogP contribution is -2.39. The first-order valence-electron chi connectivity index (χ1n) is 11.2. The highest BCUT2D eigenvalue weighted by Crippen LogP contribution is 2.26. The number of anilines is 3. The fraction of sp³-hybridized carbons (Fsp3) is 0.192. The molecule has 0 saturated carbocycles. The van der Waals surface area contributed by atoms with Crippen LogP contribution in [0.2, 0.25) is 0 Å². The van der Waals surface area contributed by atoms with Crippen LogP contribution in [0.15, 0.2) is 82.8 Å². The maximum absolute atomic E-state index is 13.5. The number of rotatable bonds is 10. The highest BCUT2D eigenvalue weighted by atomic mass is 32.2. The second-order valence-corrected chi connectivity index (χ2v) is 10.1. The van der Waals surface area contributed by atoms with E-state index in [0.717, 1.165) is 15.6 Å². The van der Waals surface area contributed by atoms with Gasteiger partial charge in [0.15, 0.2) is 0 Å². The number of hydrogen-bond donors (Lipinski definition) is 2. The van der Waals surface area contributed by atoms with Gasteiger partial charge in [0, 0.05) is 32.4 Å². The van der Waals surface area contributed by atoms with Gasteiger partial charge in [-0.05, 0) is 66.2 Å². The van der Waals surface area contributed by atoms with Gasteiger partial charge in [0.1, 0.15) is 12.3 Å². The molecule has 37 heavy (non-hydrogen) atoms. The Bertz CT molecular complexity index is 1350. The van der Waals surface area contributed by atoms with Crippen LogP contribution in [-0.2, 0) is 19.6 Å². The number of carbonyl (C=O) groups excluding carboxylic acids is 2. The molecule has 0 fully saturated rings. The molecular formula is C26H29N5O5S. The first-order valence-corrected chi connectivity index (χ1v) is 12.7. The van der Waals surface area contributed by atoms with Crippen LogP contribution < -0.4 is 24.7 Å². The van der Waals surface area contributed by atoms with Gasteiger partial charge in [-0.25, -0.2) is 13.8 Å². The predicted octanol–water partition coefficient (Wildman–Crippen LogP) is 3.07. The van der Waals surface area contributed by atoms with Crippen LogP contribution in [0.5, 0.6) is 5.75 Å². The number of nitrogens with zero attached hydrogens (tertiary/aromatic N) is 3. The summed E-state index contributed by atoms with van der Waals surface area (Å²) in [6, 6.07) is 19.5. The van der Waals surface area contributed by atoms with Crippen molar-refractivity contribution in [1.82, 2.24) is 5.43 Å². The third-order valence-electron chi connectivity index (χ3n) is 5.22. The fourth-order valence-electron chi connectivity index (χ4n) is 3.31. The summed E-state index contributed by atoms with van der Waals surface area (Å²) in [4.78, 5) is 25.9. The van der Waals surface area contributed by atoms with E-state index in [-0.39, 0.29) is 16.5 Å². The van der Waals surface area contributed by atoms with Crippen molar-refractivity contribution in [2.24, 2.45) is 5.10 Å². The van der Waals surface area contributed by atoms with Crippen molar-refractivity contribution in [3.63, 3.8) is 0 Å². The second-order valence-electron chi connectivity index (χ2n) is 8.19. The number of hydrogen-bond acceptors (Lipinski definition) is 7. The Morgan fingerprint density at radius 2 is 1.51 bits per heavy atom. The Balaban J connectivity index is 1.81. The molecule has 0 bridgehead atoms. The van der Waals surface area contributed by atoms with Gasteiger partial charge in [-0.2, -0.15) is 5.10 Å². The SMILES string of the molecule is COc1ccc(N(CC(=O)N/N=C\c2ccc(N(C)C)cc2)S(=O)(=O)c2ccc(NC(C)=O)cc2)cc1. The predicted molar refractivity (Wildman–Crippen MR) is 145 cm³/mol. The molecule has 0 aliphatic rings. The lowest BCUT2D eigenvalue weighted by atomic mass is 10.2. The molecule has 3 aromatic carbocycles. The summed E-state index contributed by atoms with van der Waals surface area (Å²) >= 11 is 0. The van der Waals surface area contributed by atoms with Crippen LogP contribution >= 0.6 is 0 Å². The molecule has 3 aromatic rings. The highest BCUT2D eigenvalue weighted by Gasteiger charge is 2.27. The third-order valence-corrected chi connectivity index (χ3v) is 7.01. The van der Waals surface area contributed by atoms with Crippen molar-refractivity contribution < 1.29 is 22.7 Å². The summed E-state index contributed by atoms with van der Waals surface area (Å²) in [6.07, 6.45) is 1.48. The Morgan fingerprint density at radius 3 is 2.05 bits per heavy atom. The zero-order valence-electron chi connectivity index (χ0n) is 21.0. The van der Waals surface area contributed by atoms with Crippen molar-refractivity contribution >= 4 is 45.1 Å². The minimum atomic E-state index is -4.14. The second kappa shape index (κ2) is 12.0. The maximum atomic E-state index is 13.5. The van der Waals surface area contributed by atoms with Crippen LogP contribution in [-0.4, -0.2) is 54.2 Å². The first-order chi connectivity index (χ1) is 17.6. The summed E-state index contributed by atoms with van der Waals surface area (Å²) in [6.45, 7) is 0.842. The van der Waals surface area contributed by atoms with Gasteiger partial charge in [-0.1, -0.05) is 12.1 Å². The monoisotopic (exact) mass is 523 g/mol. The van der Waals surface area contributed by atoms with Gasteiger partial charge in [0.2, 0.25) is 5.91 Å². The number of benzene rings is 3. The third kappa shape index (κ3) is 7.31. The molecule has 2 amide bonds. The van der Waals surface area contributed by atoms with E-state index in [4.69, 9.17) is 4.74 Å². The molecule has 11 heteroatoms. The number of sulfonamides is 1. The molecule has 3 rings (SSSR count). The van der Waals surface area contributed by atoms with E-state index in [0.29, 0.717) is 11.4 Å². The average molecular weight is 524 g/mol. The van der Waals surface area contributed by atoms with Crippen LogP contribution in [0.3, 0.4) is 0 Å². The molecular weight excluding hydrogens is 494 g/mol. The number of amides is 2. The summed E-state index contributed by atoms with van der Waals surface area (Å²) in [5.41, 5.74) is 4.90. The first kappa shape index (κ1) is 27.2. The minimum absolute atomic E-state index is 0.0466. The molecule has 10 nitrogen and oxygen atoms in total. The van der Waals surface area contributed by atoms with Gasteiger partial charge >= 0.3 is 0 Å². The van der Waals surface area contributed by atoms with E-state index < -0.39 is 22.5 Å². The number of ether oxygens (including phenoxy) is 1. The number of nitrogens with one attached hydrogen (secondary N) is 2. The van der Waals surface area contributed by atoms with E-state index in [1.54, 1.807) is 24.3 Å². The highest BCUT2D eigenvalue weighted by molar-refractivity contribution is 7.92. The molecule has 0 aliphatic carbocycles. The molecule has 2 N–H and O–H groups in total. The van der Waals surface area contributed by atoms with Gasteiger partial charge in [-0.3, -0.25) is 13.9 Å². The number of hydrazone groups is 1. The van der Waals surface area contributed by atoms with Crippen LogP contribution in [0.1, 0.15) is 12.5 Å². The molecule has 0 atom stereocenters. The molecule has 0 radical (unpaired) electrons. The summed E-state index contributed by atoms with van der Waals surface area (Å²) in [5.74, 6) is -0.369. The van der Waals surface area contributed by atoms with Crippen LogP contribution in [0.25, 0.3) is 0 Å². The normalized spacial score (nSPS) is 11.1. The molecule has 0 spiro atoms. The van der Waals surface area contributed by atoms with E-state index in [1.165, 1.54) is 44.5 Å². The average Bonchev–Trinajstić information content (AvgIpc) is 2.87. The van der Waals surface area contributed by atoms with Crippen molar-refractivity contribution in [1.29, 1.82) is 0 Å². The molecule has 0 unspecified atom stereocenters. The van der Waals surface area contributed by atoms with E-state index in [9.17, 15) is 18.0 Å². The smallest absolute Gasteiger partial charge is 0.264 e. The van der Waals surface area contributed by atoms with Crippen molar-refractivity contribution in [3.8, 4) is 5.75 Å². The molecule has 0 heterocycles. The molecule has 194 valence electrons. The Labute approximate surface area is 216 Å². The summed E-state index contributed by atoms with van der Waals surface area (Å²) in [5, 5.41) is 6.56. The van der Waals surface area contributed by atoms with Crippen molar-refractivity contribution in [2.75, 3.05) is 42.3 Å². The maximum Gasteiger partial charge on any atom is 0.264 e. The topological polar surface area (TPSA) is 120 Å². The molecule has 0 aliphatic heterocycles. The lowest BCUT2D eigenvalue weighted by molar-refractivity contribution is -0.119. The van der Waals surface area contributed by atoms with Crippen LogP contribution in [0.4, 0.5) is 17.1 Å². The quantitative estimate of drug-likeness (QED) is 0.311. The lowest BCUT2D eigenvalue weighted by Gasteiger charge is -2.24. The Hall–Kier alpha value is -4.38. The Morgan fingerprint density at radius 1 is 0.919 bits per heavy atom. The van der Waals surface area contributed by atoms with Crippen molar-refractivity contribution in [2.45, 2.75) is 11.8 Å². The van der Waals surface area contributed by atoms with E-state index in [1.807, 2.05) is 43.3 Å².